The second kappa shape index (κ2) is 5.77. The molecule has 0 saturated carbocycles. The summed E-state index contributed by atoms with van der Waals surface area (Å²) in [5.41, 5.74) is 5.60. The van der Waals surface area contributed by atoms with E-state index in [-0.39, 0.29) is 5.92 Å². The maximum absolute atomic E-state index is 5.60. The molecule has 0 aromatic carbocycles. The molecule has 102 valence electrons. The zero-order valence-electron chi connectivity index (χ0n) is 11.5. The zero-order chi connectivity index (χ0) is 13.1. The molecule has 1 aromatic heterocycles. The van der Waals surface area contributed by atoms with Crippen LogP contribution in [0.3, 0.4) is 0 Å². The average Bonchev–Trinajstić information content (AvgIpc) is 2.81. The van der Waals surface area contributed by atoms with Crippen molar-refractivity contribution in [3.63, 3.8) is 0 Å². The molecular formula is C12H23N5O. The first-order chi connectivity index (χ1) is 8.60. The molecule has 0 aliphatic carbocycles. The number of rotatable bonds is 4. The second-order valence-corrected chi connectivity index (χ2v) is 5.29. The van der Waals surface area contributed by atoms with Gasteiger partial charge in [0.2, 0.25) is 5.89 Å². The minimum atomic E-state index is 0.137. The molecule has 2 unspecified atom stereocenters. The van der Waals surface area contributed by atoms with Crippen molar-refractivity contribution >= 4 is 0 Å². The van der Waals surface area contributed by atoms with E-state index in [1.807, 2.05) is 6.92 Å². The fourth-order valence-electron chi connectivity index (χ4n) is 2.18. The second-order valence-electron chi connectivity index (χ2n) is 5.29. The molecular weight excluding hydrogens is 230 g/mol. The summed E-state index contributed by atoms with van der Waals surface area (Å²) in [5, 5.41) is 4.05. The Labute approximate surface area is 108 Å². The van der Waals surface area contributed by atoms with E-state index in [0.717, 1.165) is 31.9 Å². The van der Waals surface area contributed by atoms with Crippen LogP contribution in [0.15, 0.2) is 4.52 Å². The van der Waals surface area contributed by atoms with E-state index in [2.05, 4.69) is 34.0 Å². The van der Waals surface area contributed by atoms with Gasteiger partial charge in [-0.15, -0.1) is 0 Å². The highest BCUT2D eigenvalue weighted by atomic mass is 16.5. The number of nitrogens with two attached hydrogens (primary N) is 1. The lowest BCUT2D eigenvalue weighted by Crippen LogP contribution is -2.50. The lowest BCUT2D eigenvalue weighted by molar-refractivity contribution is 0.113. The molecule has 1 fully saturated rings. The maximum atomic E-state index is 5.60. The summed E-state index contributed by atoms with van der Waals surface area (Å²) in [6, 6.07) is 0.461. The molecule has 1 aliphatic heterocycles. The van der Waals surface area contributed by atoms with Crippen LogP contribution in [0.5, 0.6) is 0 Å². The lowest BCUT2D eigenvalue weighted by atomic mass is 10.1. The molecule has 1 saturated heterocycles. The summed E-state index contributed by atoms with van der Waals surface area (Å²) < 4.78 is 5.25. The fourth-order valence-corrected chi connectivity index (χ4v) is 2.18. The highest BCUT2D eigenvalue weighted by Crippen LogP contribution is 2.14. The number of piperazine rings is 1. The number of aromatic nitrogens is 2. The van der Waals surface area contributed by atoms with Crippen LogP contribution in [-0.2, 0) is 6.42 Å². The Morgan fingerprint density at radius 1 is 1.44 bits per heavy atom. The van der Waals surface area contributed by atoms with Gasteiger partial charge in [-0.25, -0.2) is 0 Å². The smallest absolute Gasteiger partial charge is 0.230 e. The van der Waals surface area contributed by atoms with Crippen molar-refractivity contribution in [1.82, 2.24) is 19.9 Å². The van der Waals surface area contributed by atoms with E-state index < -0.39 is 0 Å². The van der Waals surface area contributed by atoms with E-state index in [9.17, 15) is 0 Å². The lowest BCUT2D eigenvalue weighted by Gasteiger charge is -2.37. The summed E-state index contributed by atoms with van der Waals surface area (Å²) >= 11 is 0. The Kier molecular flexibility index (Phi) is 4.31. The highest BCUT2D eigenvalue weighted by molar-refractivity contribution is 4.96. The van der Waals surface area contributed by atoms with Crippen molar-refractivity contribution in [3.05, 3.63) is 11.7 Å². The molecule has 2 N–H and O–H groups in total. The molecule has 0 amide bonds. The topological polar surface area (TPSA) is 71.4 Å². The molecule has 2 heterocycles. The van der Waals surface area contributed by atoms with Gasteiger partial charge in [0.15, 0.2) is 5.82 Å². The van der Waals surface area contributed by atoms with E-state index in [1.165, 1.54) is 0 Å². The molecule has 0 radical (unpaired) electrons. The van der Waals surface area contributed by atoms with Gasteiger partial charge in [-0.2, -0.15) is 4.98 Å². The van der Waals surface area contributed by atoms with Gasteiger partial charge in [-0.3, -0.25) is 0 Å². The minimum Gasteiger partial charge on any atom is -0.339 e. The molecule has 0 spiro atoms. The third-order valence-electron chi connectivity index (χ3n) is 3.66. The quantitative estimate of drug-likeness (QED) is 0.809. The number of hydrogen-bond acceptors (Lipinski definition) is 6. The summed E-state index contributed by atoms with van der Waals surface area (Å²) in [7, 11) is 4.30. The van der Waals surface area contributed by atoms with Crippen LogP contribution in [-0.4, -0.2) is 66.3 Å². The summed E-state index contributed by atoms with van der Waals surface area (Å²) in [6.45, 7) is 5.79. The van der Waals surface area contributed by atoms with E-state index in [4.69, 9.17) is 10.3 Å². The van der Waals surface area contributed by atoms with Gasteiger partial charge in [0.25, 0.3) is 0 Å². The number of likely N-dealkylation sites (N-methyl/N-ethyl adjacent to an activating group) is 2. The van der Waals surface area contributed by atoms with Gasteiger partial charge in [-0.1, -0.05) is 12.1 Å². The monoisotopic (exact) mass is 253 g/mol. The van der Waals surface area contributed by atoms with E-state index in [1.54, 1.807) is 0 Å². The fraction of sp³-hybridized carbons (Fsp3) is 0.833. The Bertz CT molecular complexity index is 380. The highest BCUT2D eigenvalue weighted by Gasteiger charge is 2.24. The van der Waals surface area contributed by atoms with Gasteiger partial charge < -0.3 is 20.1 Å². The molecule has 6 nitrogen and oxygen atoms in total. The standard InChI is InChI=1S/C12H23N5O/c1-9(7-13)12-14-11(15-18-12)6-10-8-16(2)4-5-17(10)3/h9-10H,4-8,13H2,1-3H3. The largest absolute Gasteiger partial charge is 0.339 e. The van der Waals surface area contributed by atoms with Gasteiger partial charge >= 0.3 is 0 Å². The molecule has 1 aromatic rings. The first-order valence-corrected chi connectivity index (χ1v) is 6.51. The van der Waals surface area contributed by atoms with Gasteiger partial charge in [-0.05, 0) is 14.1 Å². The van der Waals surface area contributed by atoms with Crippen LogP contribution in [0, 0.1) is 0 Å². The Hall–Kier alpha value is -0.980. The van der Waals surface area contributed by atoms with Gasteiger partial charge in [0.05, 0.1) is 0 Å². The minimum absolute atomic E-state index is 0.137. The van der Waals surface area contributed by atoms with Crippen molar-refractivity contribution in [2.75, 3.05) is 40.3 Å². The predicted molar refractivity (Wildman–Crippen MR) is 69.4 cm³/mol. The van der Waals surface area contributed by atoms with Crippen LogP contribution in [0.1, 0.15) is 24.6 Å². The first-order valence-electron chi connectivity index (χ1n) is 6.51. The molecule has 0 bridgehead atoms. The summed E-state index contributed by atoms with van der Waals surface area (Å²) in [5.74, 6) is 1.58. The van der Waals surface area contributed by atoms with Crippen LogP contribution in [0.2, 0.25) is 0 Å². The Balaban J connectivity index is 1.98. The van der Waals surface area contributed by atoms with Crippen LogP contribution in [0.4, 0.5) is 0 Å². The van der Waals surface area contributed by atoms with Crippen molar-refractivity contribution in [3.8, 4) is 0 Å². The maximum Gasteiger partial charge on any atom is 0.230 e. The Morgan fingerprint density at radius 2 is 2.22 bits per heavy atom. The van der Waals surface area contributed by atoms with Crippen LogP contribution < -0.4 is 5.73 Å². The third-order valence-corrected chi connectivity index (χ3v) is 3.66. The van der Waals surface area contributed by atoms with Crippen molar-refractivity contribution < 1.29 is 4.52 Å². The SMILES string of the molecule is CC(CN)c1nc(CC2CN(C)CCN2C)no1. The zero-order valence-corrected chi connectivity index (χ0v) is 11.5. The molecule has 6 heteroatoms. The molecule has 18 heavy (non-hydrogen) atoms. The molecule has 2 atom stereocenters. The Morgan fingerprint density at radius 3 is 2.94 bits per heavy atom. The number of nitrogens with zero attached hydrogens (tertiary/aromatic N) is 4. The van der Waals surface area contributed by atoms with E-state index >= 15 is 0 Å². The van der Waals surface area contributed by atoms with Crippen molar-refractivity contribution in [1.29, 1.82) is 0 Å². The normalized spacial score (nSPS) is 24.3. The number of hydrogen-bond donors (Lipinski definition) is 1. The van der Waals surface area contributed by atoms with Gasteiger partial charge in [0.1, 0.15) is 0 Å². The van der Waals surface area contributed by atoms with E-state index in [0.29, 0.717) is 18.5 Å². The third kappa shape index (κ3) is 3.07. The first kappa shape index (κ1) is 13.5. The molecule has 1 aliphatic rings. The van der Waals surface area contributed by atoms with Crippen LogP contribution >= 0.6 is 0 Å². The molecule has 2 rings (SSSR count). The predicted octanol–water partition coefficient (Wildman–Crippen LogP) is -0.0799. The van der Waals surface area contributed by atoms with Crippen LogP contribution in [0.25, 0.3) is 0 Å². The van der Waals surface area contributed by atoms with Crippen molar-refractivity contribution in [2.45, 2.75) is 25.3 Å². The average molecular weight is 253 g/mol. The van der Waals surface area contributed by atoms with Gasteiger partial charge in [0, 0.05) is 44.6 Å². The summed E-state index contributed by atoms with van der Waals surface area (Å²) in [4.78, 5) is 9.14. The summed E-state index contributed by atoms with van der Waals surface area (Å²) in [6.07, 6.45) is 0.835. The van der Waals surface area contributed by atoms with Crippen molar-refractivity contribution in [2.24, 2.45) is 5.73 Å².